The van der Waals surface area contributed by atoms with Crippen molar-refractivity contribution in [1.29, 1.82) is 0 Å². The first-order valence-electron chi connectivity index (χ1n) is 29.8. The molecule has 1 N–H and O–H groups in total. The van der Waals surface area contributed by atoms with Crippen molar-refractivity contribution in [3.63, 3.8) is 0 Å². The zero-order valence-electron chi connectivity index (χ0n) is 51.0. The number of esters is 4. The summed E-state index contributed by atoms with van der Waals surface area (Å²) >= 11 is 0. The van der Waals surface area contributed by atoms with Gasteiger partial charge in [0.05, 0.1) is 0 Å². The Balaban J connectivity index is 0.00000128. The predicted octanol–water partition coefficient (Wildman–Crippen LogP) is 19.5. The van der Waals surface area contributed by atoms with Crippen molar-refractivity contribution in [2.75, 3.05) is 0 Å². The Kier molecular flexibility index (Phi) is 42.2. The molecule has 3 rings (SSSR count). The fourth-order valence-electron chi connectivity index (χ4n) is 8.09. The van der Waals surface area contributed by atoms with Crippen LogP contribution in [-0.2, 0) is 33.4 Å². The van der Waals surface area contributed by atoms with Crippen LogP contribution < -0.4 is 9.47 Å². The molecular weight excluding hydrogens is 1180 g/mol. The fourth-order valence-corrected chi connectivity index (χ4v) is 8.09. The summed E-state index contributed by atoms with van der Waals surface area (Å²) in [6, 6.07) is 5.72. The van der Waals surface area contributed by atoms with Gasteiger partial charge < -0.3 is 24.1 Å². The zero-order valence-corrected chi connectivity index (χ0v) is 51.0. The number of halogens is 13. The highest BCUT2D eigenvalue weighted by Gasteiger charge is 2.43. The number of carboxylic acid groups (broad SMARTS) is 1. The molecule has 1 heterocycles. The van der Waals surface area contributed by atoms with Crippen molar-refractivity contribution < 1.29 is 105 Å². The van der Waals surface area contributed by atoms with Gasteiger partial charge in [0.15, 0.2) is 0 Å². The number of carbonyl (C=O) groups is 5. The molecule has 0 fully saturated rings. The molecule has 87 heavy (non-hydrogen) atoms. The van der Waals surface area contributed by atoms with Gasteiger partial charge in [-0.25, -0.2) is 31.1 Å². The third kappa shape index (κ3) is 40.2. The summed E-state index contributed by atoms with van der Waals surface area (Å²) in [6.45, 7) is 11.4. The summed E-state index contributed by atoms with van der Waals surface area (Å²) in [5, 5.41) is 8.56. The predicted molar refractivity (Wildman–Crippen MR) is 301 cm³/mol. The van der Waals surface area contributed by atoms with Gasteiger partial charge in [-0.2, -0.15) is 30.7 Å². The average molecular weight is 1270 g/mol. The van der Waals surface area contributed by atoms with Crippen LogP contribution in [0.15, 0.2) is 30.6 Å². The molecule has 3 aromatic rings. The van der Waals surface area contributed by atoms with Crippen molar-refractivity contribution in [1.82, 2.24) is 4.98 Å². The van der Waals surface area contributed by atoms with E-state index in [1.54, 1.807) is 12.4 Å². The number of hydrogen-bond acceptors (Lipinski definition) is 10. The molecule has 11 nitrogen and oxygen atoms in total. The van der Waals surface area contributed by atoms with Gasteiger partial charge in [-0.15, -0.1) is 0 Å². The highest BCUT2D eigenvalue weighted by molar-refractivity contribution is 5.78. The number of rotatable bonds is 36. The second-order valence-electron chi connectivity index (χ2n) is 22.7. The lowest BCUT2D eigenvalue weighted by Crippen LogP contribution is -2.29. The first-order chi connectivity index (χ1) is 40.8. The monoisotopic (exact) mass is 1270 g/mol. The van der Waals surface area contributed by atoms with Crippen LogP contribution in [0.25, 0.3) is 0 Å². The number of alkyl halides is 3. The minimum absolute atomic E-state index is 0.0700. The maximum atomic E-state index is 13.5. The van der Waals surface area contributed by atoms with Crippen LogP contribution in [0.5, 0.6) is 11.5 Å². The minimum Gasteiger partial charge on any atom is -0.481 e. The second-order valence-corrected chi connectivity index (χ2v) is 22.7. The lowest BCUT2D eigenvalue weighted by molar-refractivity contribution is -0.190. The van der Waals surface area contributed by atoms with Crippen molar-refractivity contribution in [2.24, 2.45) is 0 Å². The molecular formula is C63H88F13NO10. The maximum absolute atomic E-state index is 13.5. The molecule has 0 radical (unpaired) electrons. The Morgan fingerprint density at radius 1 is 0.345 bits per heavy atom. The van der Waals surface area contributed by atoms with Gasteiger partial charge in [-0.1, -0.05) is 160 Å². The van der Waals surface area contributed by atoms with Crippen molar-refractivity contribution >= 4 is 29.8 Å². The number of aliphatic carboxylic acids is 1. The molecule has 0 aliphatic carbocycles. The summed E-state index contributed by atoms with van der Waals surface area (Å²) in [5.74, 6) is -32.8. The Morgan fingerprint density at radius 2 is 0.575 bits per heavy atom. The second kappa shape index (κ2) is 45.3. The number of nitrogens with zero attached hydrogens (tertiary/aromatic N) is 1. The highest BCUT2D eigenvalue weighted by atomic mass is 19.4. The van der Waals surface area contributed by atoms with Crippen molar-refractivity contribution in [2.45, 2.75) is 264 Å². The van der Waals surface area contributed by atoms with Crippen LogP contribution in [0, 0.1) is 58.2 Å². The standard InChI is InChI=1S/C28H41F5O4.C22H42O4.C8F8O2.C5H5N/c1-28(2,3)37-21(35)19-17-15-13-11-9-7-5-4-6-8-10-12-14-16-18-20(34)36-27-25(32)23(30)22(29)24(31)26(27)33;1-22(2,3)26-21(25)19-17-15-13-11-9-7-5-4-6-8-10-12-14-16-18-20(23)24;9-1-2(10)4(12)6(5(13)3(1)11)18-7(17)8(14,15)16;1-2-4-6-5-3-1/h4-19H2,1-3H3;4-19H2,1-3H3,(H,23,24);;1-5H. The average Bonchev–Trinajstić information content (AvgIpc) is 1.11. The van der Waals surface area contributed by atoms with Gasteiger partial charge in [0.2, 0.25) is 69.7 Å². The molecule has 2 aromatic carbocycles. The number of carbonyl (C=O) groups excluding carboxylic acids is 4. The van der Waals surface area contributed by atoms with Crippen LogP contribution in [-0.4, -0.2) is 57.3 Å². The van der Waals surface area contributed by atoms with E-state index in [4.69, 9.17) is 14.6 Å². The molecule has 0 atom stereocenters. The van der Waals surface area contributed by atoms with E-state index in [0.717, 1.165) is 70.6 Å². The third-order valence-electron chi connectivity index (χ3n) is 12.4. The summed E-state index contributed by atoms with van der Waals surface area (Å²) in [5.41, 5.74) is -0.781. The first-order valence-corrected chi connectivity index (χ1v) is 29.8. The highest BCUT2D eigenvalue weighted by Crippen LogP contribution is 2.32. The molecule has 1 aromatic heterocycles. The zero-order chi connectivity index (χ0) is 66.0. The molecule has 0 amide bonds. The SMILES string of the molecule is CC(C)(C)OC(=O)CCCCCCCCCCCCCCCCC(=O)O.CC(C)(C)OC(=O)CCCCCCCCCCCCCCCCC(=O)Oc1c(F)c(F)c(F)c(F)c1F.O=C(Oc1c(F)c(F)c(F)c(F)c1F)C(F)(F)F.c1ccncc1. The van der Waals surface area contributed by atoms with E-state index in [1.807, 2.05) is 59.7 Å². The summed E-state index contributed by atoms with van der Waals surface area (Å²) in [7, 11) is 0. The number of aromatic nitrogens is 1. The Bertz CT molecular complexity index is 2370. The number of benzene rings is 2. The van der Waals surface area contributed by atoms with Gasteiger partial charge in [0, 0.05) is 38.1 Å². The van der Waals surface area contributed by atoms with E-state index in [1.165, 1.54) is 96.3 Å². The molecule has 0 aliphatic heterocycles. The Hall–Kier alpha value is -5.97. The molecule has 0 saturated carbocycles. The third-order valence-corrected chi connectivity index (χ3v) is 12.4. The van der Waals surface area contributed by atoms with E-state index in [9.17, 15) is 81.0 Å². The molecule has 0 unspecified atom stereocenters. The molecule has 0 aliphatic rings. The largest absolute Gasteiger partial charge is 0.491 e. The molecule has 0 saturated heterocycles. The lowest BCUT2D eigenvalue weighted by Gasteiger charge is -2.19. The van der Waals surface area contributed by atoms with Crippen molar-refractivity contribution in [3.8, 4) is 11.5 Å². The number of hydrogen-bond donors (Lipinski definition) is 1. The first kappa shape index (κ1) is 81.0. The van der Waals surface area contributed by atoms with Gasteiger partial charge >= 0.3 is 36.0 Å². The molecule has 0 bridgehead atoms. The summed E-state index contributed by atoms with van der Waals surface area (Å²) in [6.07, 6.45) is 30.1. The molecule has 24 heteroatoms. The Labute approximate surface area is 503 Å². The van der Waals surface area contributed by atoms with E-state index < -0.39 is 99.4 Å². The smallest absolute Gasteiger partial charge is 0.481 e. The number of unbranched alkanes of at least 4 members (excludes halogenated alkanes) is 26. The van der Waals surface area contributed by atoms with Crippen LogP contribution >= 0.6 is 0 Å². The van der Waals surface area contributed by atoms with Crippen LogP contribution in [0.1, 0.15) is 247 Å². The van der Waals surface area contributed by atoms with Gasteiger partial charge in [-0.3, -0.25) is 24.2 Å². The van der Waals surface area contributed by atoms with Crippen molar-refractivity contribution in [3.05, 3.63) is 88.8 Å². The Morgan fingerprint density at radius 3 is 0.793 bits per heavy atom. The lowest BCUT2D eigenvalue weighted by atomic mass is 10.0. The molecule has 496 valence electrons. The number of pyridine rings is 1. The van der Waals surface area contributed by atoms with Crippen LogP contribution in [0.4, 0.5) is 57.1 Å². The topological polar surface area (TPSA) is 155 Å². The normalized spacial score (nSPS) is 11.3. The number of ether oxygens (including phenoxy) is 4. The van der Waals surface area contributed by atoms with E-state index in [2.05, 4.69) is 14.5 Å². The van der Waals surface area contributed by atoms with Crippen LogP contribution in [0.2, 0.25) is 0 Å². The maximum Gasteiger partial charge on any atom is 0.491 e. The summed E-state index contributed by atoms with van der Waals surface area (Å²) < 4.78 is 183. The quantitative estimate of drug-likeness (QED) is 0.0148. The number of carboxylic acids is 1. The van der Waals surface area contributed by atoms with E-state index in [-0.39, 0.29) is 24.0 Å². The van der Waals surface area contributed by atoms with E-state index in [0.29, 0.717) is 32.1 Å². The van der Waals surface area contributed by atoms with Gasteiger partial charge in [-0.05, 0) is 79.4 Å². The minimum atomic E-state index is -5.65. The summed E-state index contributed by atoms with van der Waals surface area (Å²) in [4.78, 5) is 59.3. The van der Waals surface area contributed by atoms with Gasteiger partial charge in [0.25, 0.3) is 0 Å². The molecule has 0 spiro atoms. The van der Waals surface area contributed by atoms with Gasteiger partial charge in [0.1, 0.15) is 11.2 Å². The van der Waals surface area contributed by atoms with Crippen LogP contribution in [0.3, 0.4) is 0 Å². The fraction of sp³-hybridized carbons (Fsp3) is 0.651. The van der Waals surface area contributed by atoms with E-state index >= 15 is 0 Å².